The smallest absolute Gasteiger partial charge is 0.336 e. The van der Waals surface area contributed by atoms with Crippen molar-refractivity contribution in [1.82, 2.24) is 14.9 Å². The number of aromatic carboxylic acids is 1. The molecule has 0 amide bonds. The molecule has 1 saturated heterocycles. The zero-order chi connectivity index (χ0) is 20.2. The summed E-state index contributed by atoms with van der Waals surface area (Å²) >= 11 is 0. The molecule has 5 nitrogen and oxygen atoms in total. The summed E-state index contributed by atoms with van der Waals surface area (Å²) in [4.78, 5) is 22.6. The van der Waals surface area contributed by atoms with Crippen molar-refractivity contribution >= 4 is 5.97 Å². The number of aromatic nitrogens is 2. The Kier molecular flexibility index (Phi) is 5.67. The fraction of sp³-hybridized carbons (Fsp3) is 0.292. The number of nitrogens with zero attached hydrogens (tertiary/aromatic N) is 3. The molecule has 0 spiro atoms. The first-order chi connectivity index (χ1) is 14.1. The van der Waals surface area contributed by atoms with Crippen LogP contribution in [-0.2, 0) is 6.54 Å². The van der Waals surface area contributed by atoms with E-state index in [1.165, 1.54) is 23.2 Å². The number of carbonyl (C=O) groups is 1. The second-order valence-corrected chi connectivity index (χ2v) is 7.71. The quantitative estimate of drug-likeness (QED) is 0.697. The second kappa shape index (κ2) is 8.53. The molecule has 1 atom stereocenters. The monoisotopic (exact) mass is 387 g/mol. The number of carboxylic acids is 1. The van der Waals surface area contributed by atoms with Crippen LogP contribution in [0.15, 0.2) is 61.1 Å². The molecule has 0 radical (unpaired) electrons. The van der Waals surface area contributed by atoms with E-state index in [1.807, 2.05) is 30.5 Å². The second-order valence-electron chi connectivity index (χ2n) is 7.71. The van der Waals surface area contributed by atoms with Crippen LogP contribution in [0.25, 0.3) is 11.1 Å². The Morgan fingerprint density at radius 2 is 1.97 bits per heavy atom. The van der Waals surface area contributed by atoms with Crippen LogP contribution >= 0.6 is 0 Å². The maximum Gasteiger partial charge on any atom is 0.336 e. The Hall–Kier alpha value is -3.05. The van der Waals surface area contributed by atoms with Crippen LogP contribution in [0.2, 0.25) is 0 Å². The summed E-state index contributed by atoms with van der Waals surface area (Å²) in [5, 5.41) is 9.42. The Morgan fingerprint density at radius 3 is 2.72 bits per heavy atom. The number of likely N-dealkylation sites (tertiary alicyclic amines) is 1. The summed E-state index contributed by atoms with van der Waals surface area (Å²) < 4.78 is 0. The van der Waals surface area contributed by atoms with Gasteiger partial charge in [0.1, 0.15) is 6.33 Å². The molecular formula is C24H25N3O2. The molecule has 148 valence electrons. The van der Waals surface area contributed by atoms with Gasteiger partial charge in [0.05, 0.1) is 11.3 Å². The lowest BCUT2D eigenvalue weighted by Gasteiger charge is -2.33. The lowest BCUT2D eigenvalue weighted by Crippen LogP contribution is -2.34. The van der Waals surface area contributed by atoms with Crippen LogP contribution in [0.5, 0.6) is 0 Å². The molecule has 5 heteroatoms. The molecular weight excluding hydrogens is 362 g/mol. The fourth-order valence-electron chi connectivity index (χ4n) is 4.23. The Bertz CT molecular complexity index is 1000. The third-order valence-electron chi connectivity index (χ3n) is 5.66. The van der Waals surface area contributed by atoms with E-state index < -0.39 is 5.97 Å². The molecule has 2 heterocycles. The summed E-state index contributed by atoms with van der Waals surface area (Å²) in [5.41, 5.74) is 5.59. The van der Waals surface area contributed by atoms with Gasteiger partial charge in [0.15, 0.2) is 0 Å². The lowest BCUT2D eigenvalue weighted by atomic mass is 9.92. The summed E-state index contributed by atoms with van der Waals surface area (Å²) in [6.07, 6.45) is 5.88. The number of rotatable bonds is 5. The zero-order valence-electron chi connectivity index (χ0n) is 16.6. The van der Waals surface area contributed by atoms with Crippen LogP contribution in [-0.4, -0.2) is 39.0 Å². The van der Waals surface area contributed by atoms with E-state index in [0.717, 1.165) is 37.2 Å². The number of hydrogen-bond acceptors (Lipinski definition) is 4. The van der Waals surface area contributed by atoms with Crippen molar-refractivity contribution < 1.29 is 9.90 Å². The minimum absolute atomic E-state index is 0.333. The first-order valence-electron chi connectivity index (χ1n) is 10.0. The van der Waals surface area contributed by atoms with Gasteiger partial charge in [-0.1, -0.05) is 42.5 Å². The van der Waals surface area contributed by atoms with Crippen LogP contribution in [0.4, 0.5) is 0 Å². The van der Waals surface area contributed by atoms with Crippen LogP contribution in [0, 0.1) is 6.92 Å². The van der Waals surface area contributed by atoms with Gasteiger partial charge in [-0.05, 0) is 54.6 Å². The first kappa shape index (κ1) is 19.3. The minimum atomic E-state index is -0.899. The number of hydrogen-bond donors (Lipinski definition) is 1. The van der Waals surface area contributed by atoms with E-state index in [0.29, 0.717) is 11.5 Å². The molecule has 0 bridgehead atoms. The molecule has 3 aromatic rings. The standard InChI is InChI=1S/C24H25N3O2/c1-17-13-25-16-26-23(17)20-5-4-12-27(15-20)14-18-8-10-19(11-9-18)21-6-2-3-7-22(21)24(28)29/h2-3,6-11,13,16,20H,4-5,12,14-15H2,1H3,(H,28,29)/t20-/m0/s1. The third-order valence-corrected chi connectivity index (χ3v) is 5.66. The van der Waals surface area contributed by atoms with E-state index in [9.17, 15) is 9.90 Å². The van der Waals surface area contributed by atoms with Crippen molar-refractivity contribution in [2.45, 2.75) is 32.2 Å². The van der Waals surface area contributed by atoms with Crippen molar-refractivity contribution in [3.05, 3.63) is 83.4 Å². The zero-order valence-corrected chi connectivity index (χ0v) is 16.6. The average molecular weight is 387 g/mol. The highest BCUT2D eigenvalue weighted by molar-refractivity contribution is 5.95. The summed E-state index contributed by atoms with van der Waals surface area (Å²) in [6.45, 7) is 5.06. The Balaban J connectivity index is 1.47. The van der Waals surface area contributed by atoms with Crippen molar-refractivity contribution in [2.75, 3.05) is 13.1 Å². The van der Waals surface area contributed by atoms with Gasteiger partial charge in [0.2, 0.25) is 0 Å². The highest BCUT2D eigenvalue weighted by Gasteiger charge is 2.23. The molecule has 0 aliphatic carbocycles. The number of aryl methyl sites for hydroxylation is 1. The van der Waals surface area contributed by atoms with E-state index in [4.69, 9.17) is 0 Å². The minimum Gasteiger partial charge on any atom is -0.478 e. The van der Waals surface area contributed by atoms with E-state index >= 15 is 0 Å². The number of carboxylic acid groups (broad SMARTS) is 1. The maximum atomic E-state index is 11.5. The molecule has 1 N–H and O–H groups in total. The van der Waals surface area contributed by atoms with Crippen molar-refractivity contribution in [3.8, 4) is 11.1 Å². The van der Waals surface area contributed by atoms with Gasteiger partial charge in [-0.25, -0.2) is 14.8 Å². The predicted octanol–water partition coefficient (Wildman–Crippen LogP) is 4.53. The van der Waals surface area contributed by atoms with Gasteiger partial charge in [0.25, 0.3) is 0 Å². The number of benzene rings is 2. The SMILES string of the molecule is Cc1cncnc1[C@H]1CCCN(Cc2ccc(-c3ccccc3C(=O)O)cc2)C1. The van der Waals surface area contributed by atoms with Gasteiger partial charge < -0.3 is 5.11 Å². The van der Waals surface area contributed by atoms with Crippen molar-refractivity contribution in [3.63, 3.8) is 0 Å². The van der Waals surface area contributed by atoms with Crippen molar-refractivity contribution in [1.29, 1.82) is 0 Å². The average Bonchev–Trinajstić information content (AvgIpc) is 2.75. The molecule has 4 rings (SSSR count). The third kappa shape index (κ3) is 4.35. The summed E-state index contributed by atoms with van der Waals surface area (Å²) in [6, 6.07) is 15.4. The normalized spacial score (nSPS) is 17.2. The highest BCUT2D eigenvalue weighted by Crippen LogP contribution is 2.29. The summed E-state index contributed by atoms with van der Waals surface area (Å²) in [7, 11) is 0. The molecule has 1 fully saturated rings. The van der Waals surface area contributed by atoms with E-state index in [1.54, 1.807) is 18.5 Å². The van der Waals surface area contributed by atoms with Gasteiger partial charge in [-0.15, -0.1) is 0 Å². The molecule has 1 aliphatic rings. The van der Waals surface area contributed by atoms with Gasteiger partial charge in [-0.2, -0.15) is 0 Å². The fourth-order valence-corrected chi connectivity index (χ4v) is 4.23. The largest absolute Gasteiger partial charge is 0.478 e. The van der Waals surface area contributed by atoms with E-state index in [-0.39, 0.29) is 0 Å². The van der Waals surface area contributed by atoms with Crippen LogP contribution in [0.1, 0.15) is 45.9 Å². The van der Waals surface area contributed by atoms with Crippen molar-refractivity contribution in [2.24, 2.45) is 0 Å². The highest BCUT2D eigenvalue weighted by atomic mass is 16.4. The topological polar surface area (TPSA) is 66.3 Å². The maximum absolute atomic E-state index is 11.5. The Labute approximate surface area is 171 Å². The number of piperidine rings is 1. The predicted molar refractivity (Wildman–Crippen MR) is 113 cm³/mol. The van der Waals surface area contributed by atoms with Crippen LogP contribution < -0.4 is 0 Å². The molecule has 0 unspecified atom stereocenters. The van der Waals surface area contributed by atoms with Gasteiger partial charge in [0, 0.05) is 25.2 Å². The Morgan fingerprint density at radius 1 is 1.17 bits per heavy atom. The van der Waals surface area contributed by atoms with E-state index in [2.05, 4.69) is 33.9 Å². The van der Waals surface area contributed by atoms with Gasteiger partial charge >= 0.3 is 5.97 Å². The lowest BCUT2D eigenvalue weighted by molar-refractivity contribution is 0.0697. The molecule has 2 aromatic carbocycles. The van der Waals surface area contributed by atoms with Crippen LogP contribution in [0.3, 0.4) is 0 Å². The molecule has 1 aromatic heterocycles. The molecule has 0 saturated carbocycles. The van der Waals surface area contributed by atoms with Gasteiger partial charge in [-0.3, -0.25) is 4.90 Å². The molecule has 1 aliphatic heterocycles. The summed E-state index contributed by atoms with van der Waals surface area (Å²) in [5.74, 6) is -0.447. The first-order valence-corrected chi connectivity index (χ1v) is 10.0. The molecule has 29 heavy (non-hydrogen) atoms.